The number of benzene rings is 2. The third kappa shape index (κ3) is 5.15. The molecule has 1 aliphatic carbocycles. The van der Waals surface area contributed by atoms with Crippen LogP contribution in [0.2, 0.25) is 0 Å². The van der Waals surface area contributed by atoms with Crippen molar-refractivity contribution in [2.75, 3.05) is 0 Å². The van der Waals surface area contributed by atoms with Crippen LogP contribution in [0.4, 0.5) is 0 Å². The van der Waals surface area contributed by atoms with Crippen molar-refractivity contribution in [3.05, 3.63) is 71.8 Å². The van der Waals surface area contributed by atoms with Crippen LogP contribution in [0.5, 0.6) is 0 Å². The molecular formula is C22H25NO3S. The molecule has 0 bridgehead atoms. The molecule has 5 heteroatoms. The predicted molar refractivity (Wildman–Crippen MR) is 108 cm³/mol. The van der Waals surface area contributed by atoms with E-state index >= 15 is 0 Å². The Balaban J connectivity index is 1.87. The Hall–Kier alpha value is -2.24. The molecule has 0 aliphatic heterocycles. The summed E-state index contributed by atoms with van der Waals surface area (Å²) in [5, 5.41) is 0. The van der Waals surface area contributed by atoms with Crippen LogP contribution in [0.25, 0.3) is 6.08 Å². The summed E-state index contributed by atoms with van der Waals surface area (Å²) in [7, 11) is -3.71. The molecule has 0 aromatic heterocycles. The fourth-order valence-corrected chi connectivity index (χ4v) is 4.62. The first-order chi connectivity index (χ1) is 13.0. The van der Waals surface area contributed by atoms with Gasteiger partial charge in [0.05, 0.1) is 10.9 Å². The number of sulfonamides is 1. The molecule has 1 fully saturated rings. The average Bonchev–Trinajstić information content (AvgIpc) is 2.67. The summed E-state index contributed by atoms with van der Waals surface area (Å²) in [4.78, 5) is 12.7. The number of hydrogen-bond acceptors (Lipinski definition) is 3. The van der Waals surface area contributed by atoms with Gasteiger partial charge in [-0.15, -0.1) is 0 Å². The maximum Gasteiger partial charge on any atom is 0.241 e. The molecule has 27 heavy (non-hydrogen) atoms. The zero-order valence-electron chi connectivity index (χ0n) is 15.5. The monoisotopic (exact) mass is 383 g/mol. The van der Waals surface area contributed by atoms with E-state index in [1.165, 1.54) is 0 Å². The lowest BCUT2D eigenvalue weighted by molar-refractivity contribution is -0.124. The summed E-state index contributed by atoms with van der Waals surface area (Å²) in [6.45, 7) is 1.91. The molecule has 0 spiro atoms. The first kappa shape index (κ1) is 19.5. The number of hydrogen-bond donors (Lipinski definition) is 1. The maximum atomic E-state index is 12.9. The van der Waals surface area contributed by atoms with E-state index in [1.54, 1.807) is 24.3 Å². The average molecular weight is 384 g/mol. The zero-order chi connectivity index (χ0) is 19.3. The lowest BCUT2D eigenvalue weighted by Crippen LogP contribution is -2.43. The normalized spacial score (nSPS) is 19.3. The van der Waals surface area contributed by atoms with Crippen molar-refractivity contribution < 1.29 is 13.2 Å². The van der Waals surface area contributed by atoms with Crippen molar-refractivity contribution >= 4 is 21.9 Å². The molecule has 0 amide bonds. The molecule has 3 rings (SSSR count). The Labute approximate surface area is 161 Å². The van der Waals surface area contributed by atoms with Crippen molar-refractivity contribution in [3.8, 4) is 0 Å². The smallest absolute Gasteiger partial charge is 0.241 e. The lowest BCUT2D eigenvalue weighted by atomic mass is 9.83. The molecule has 2 atom stereocenters. The SMILES string of the molecule is Cc1ccc(S(=O)(=O)N[C@@H](/C=C/c2ccccc2)[C@@H]2CCCCC2=O)cc1. The van der Waals surface area contributed by atoms with E-state index in [2.05, 4.69) is 4.72 Å². The Kier molecular flexibility index (Phi) is 6.24. The van der Waals surface area contributed by atoms with Crippen molar-refractivity contribution in [1.82, 2.24) is 4.72 Å². The second-order valence-electron chi connectivity index (χ2n) is 7.05. The van der Waals surface area contributed by atoms with Crippen LogP contribution < -0.4 is 4.72 Å². The second-order valence-corrected chi connectivity index (χ2v) is 8.76. The number of nitrogens with one attached hydrogen (secondary N) is 1. The van der Waals surface area contributed by atoms with Crippen molar-refractivity contribution in [1.29, 1.82) is 0 Å². The molecule has 1 N–H and O–H groups in total. The molecule has 4 nitrogen and oxygen atoms in total. The number of ketones is 1. The van der Waals surface area contributed by atoms with E-state index in [9.17, 15) is 13.2 Å². The Morgan fingerprint density at radius 3 is 2.41 bits per heavy atom. The highest BCUT2D eigenvalue weighted by Gasteiger charge is 2.31. The molecule has 0 unspecified atom stereocenters. The van der Waals surface area contributed by atoms with Gasteiger partial charge in [-0.3, -0.25) is 4.79 Å². The van der Waals surface area contributed by atoms with E-state index in [1.807, 2.05) is 49.4 Å². The van der Waals surface area contributed by atoms with Gasteiger partial charge in [-0.05, 0) is 37.5 Å². The van der Waals surface area contributed by atoms with Gasteiger partial charge in [0, 0.05) is 12.3 Å². The summed E-state index contributed by atoms with van der Waals surface area (Å²) in [6, 6.07) is 15.9. The number of carbonyl (C=O) groups is 1. The third-order valence-corrected chi connectivity index (χ3v) is 6.43. The van der Waals surface area contributed by atoms with E-state index < -0.39 is 16.1 Å². The van der Waals surface area contributed by atoms with E-state index in [4.69, 9.17) is 0 Å². The zero-order valence-corrected chi connectivity index (χ0v) is 16.3. The third-order valence-electron chi connectivity index (χ3n) is 4.95. The lowest BCUT2D eigenvalue weighted by Gasteiger charge is -2.27. The maximum absolute atomic E-state index is 12.9. The second kappa shape index (κ2) is 8.63. The molecule has 0 heterocycles. The molecule has 2 aromatic rings. The molecule has 142 valence electrons. The van der Waals surface area contributed by atoms with Crippen molar-refractivity contribution in [2.45, 2.75) is 43.5 Å². The highest BCUT2D eigenvalue weighted by atomic mass is 32.2. The van der Waals surface area contributed by atoms with E-state index in [0.29, 0.717) is 12.8 Å². The van der Waals surface area contributed by atoms with Crippen LogP contribution in [-0.4, -0.2) is 20.2 Å². The molecule has 1 aliphatic rings. The topological polar surface area (TPSA) is 63.2 Å². The number of aryl methyl sites for hydroxylation is 1. The van der Waals surface area contributed by atoms with Crippen LogP contribution in [0.15, 0.2) is 65.6 Å². The quantitative estimate of drug-likeness (QED) is 0.816. The van der Waals surface area contributed by atoms with Crippen LogP contribution in [0.3, 0.4) is 0 Å². The van der Waals surface area contributed by atoms with Gasteiger partial charge in [0.1, 0.15) is 5.78 Å². The first-order valence-electron chi connectivity index (χ1n) is 9.31. The van der Waals surface area contributed by atoms with Crippen LogP contribution in [0.1, 0.15) is 36.8 Å². The Morgan fingerprint density at radius 1 is 1.04 bits per heavy atom. The standard InChI is InChI=1S/C22H25NO3S/c1-17-11-14-19(15-12-17)27(25,26)23-21(20-9-5-6-10-22(20)24)16-13-18-7-3-2-4-8-18/h2-4,7-8,11-16,20-21,23H,5-6,9-10H2,1H3/b16-13+/t20-,21-/m0/s1. The number of rotatable bonds is 6. The summed E-state index contributed by atoms with van der Waals surface area (Å²) in [5.41, 5.74) is 1.97. The fourth-order valence-electron chi connectivity index (χ4n) is 3.39. The minimum atomic E-state index is -3.71. The minimum absolute atomic E-state index is 0.135. The van der Waals surface area contributed by atoms with Gasteiger partial charge in [-0.2, -0.15) is 0 Å². The van der Waals surface area contributed by atoms with Gasteiger partial charge >= 0.3 is 0 Å². The highest BCUT2D eigenvalue weighted by molar-refractivity contribution is 7.89. The molecule has 2 aromatic carbocycles. The van der Waals surface area contributed by atoms with Gasteiger partial charge in [-0.25, -0.2) is 13.1 Å². The van der Waals surface area contributed by atoms with Gasteiger partial charge in [0.25, 0.3) is 0 Å². The molecular weight excluding hydrogens is 358 g/mol. The van der Waals surface area contributed by atoms with Crippen LogP contribution in [-0.2, 0) is 14.8 Å². The van der Waals surface area contributed by atoms with Gasteiger partial charge in [-0.1, -0.05) is 66.6 Å². The van der Waals surface area contributed by atoms with Gasteiger partial charge in [0.15, 0.2) is 0 Å². The van der Waals surface area contributed by atoms with Gasteiger partial charge in [0.2, 0.25) is 10.0 Å². The molecule has 0 radical (unpaired) electrons. The van der Waals surface area contributed by atoms with Crippen LogP contribution >= 0.6 is 0 Å². The fraction of sp³-hybridized carbons (Fsp3) is 0.318. The highest BCUT2D eigenvalue weighted by Crippen LogP contribution is 2.26. The van der Waals surface area contributed by atoms with Crippen LogP contribution in [0, 0.1) is 12.8 Å². The molecule has 1 saturated carbocycles. The molecule has 0 saturated heterocycles. The minimum Gasteiger partial charge on any atom is -0.299 e. The Bertz CT molecular complexity index is 902. The van der Waals surface area contributed by atoms with Crippen molar-refractivity contribution in [3.63, 3.8) is 0 Å². The largest absolute Gasteiger partial charge is 0.299 e. The summed E-state index contributed by atoms with van der Waals surface area (Å²) in [6.07, 6.45) is 6.75. The summed E-state index contributed by atoms with van der Waals surface area (Å²) < 4.78 is 28.5. The van der Waals surface area contributed by atoms with Gasteiger partial charge < -0.3 is 0 Å². The summed E-state index contributed by atoms with van der Waals surface area (Å²) >= 11 is 0. The number of carbonyl (C=O) groups excluding carboxylic acids is 1. The van der Waals surface area contributed by atoms with Crippen molar-refractivity contribution in [2.24, 2.45) is 5.92 Å². The first-order valence-corrected chi connectivity index (χ1v) is 10.8. The van der Waals surface area contributed by atoms with E-state index in [0.717, 1.165) is 24.0 Å². The predicted octanol–water partition coefficient (Wildman–Crippen LogP) is 4.11. The van der Waals surface area contributed by atoms with E-state index in [-0.39, 0.29) is 16.6 Å². The number of Topliss-reactive ketones (excluding diaryl/α,β-unsaturated/α-hetero) is 1. The Morgan fingerprint density at radius 2 is 1.74 bits per heavy atom. The summed E-state index contributed by atoms with van der Waals surface area (Å²) in [5.74, 6) is -0.186.